The molecule has 2 aromatic rings. The van der Waals surface area contributed by atoms with Crippen molar-refractivity contribution in [3.8, 4) is 0 Å². The van der Waals surface area contributed by atoms with Gasteiger partial charge in [0.15, 0.2) is 0 Å². The molecule has 2 rings (SSSR count). The van der Waals surface area contributed by atoms with Gasteiger partial charge in [0.2, 0.25) is 0 Å². The van der Waals surface area contributed by atoms with Crippen LogP contribution in [0.1, 0.15) is 24.6 Å². The summed E-state index contributed by atoms with van der Waals surface area (Å²) in [6.07, 6.45) is 3.60. The molecule has 0 aliphatic carbocycles. The average molecular weight is 244 g/mol. The van der Waals surface area contributed by atoms with Gasteiger partial charge in [-0.05, 0) is 18.1 Å². The van der Waals surface area contributed by atoms with Crippen molar-refractivity contribution in [1.29, 1.82) is 0 Å². The molecule has 0 amide bonds. The van der Waals surface area contributed by atoms with Gasteiger partial charge in [0, 0.05) is 25.1 Å². The molecule has 1 N–H and O–H groups in total. The van der Waals surface area contributed by atoms with Crippen LogP contribution in [0.2, 0.25) is 0 Å². The van der Waals surface area contributed by atoms with Gasteiger partial charge in [-0.1, -0.05) is 37.3 Å². The number of aromatic nitrogens is 2. The predicted molar refractivity (Wildman–Crippen MR) is 72.4 cm³/mol. The van der Waals surface area contributed by atoms with Crippen LogP contribution in [0.15, 0.2) is 42.6 Å². The maximum Gasteiger partial charge on any atom is 0.0634 e. The molecule has 0 fully saturated rings. The fraction of sp³-hybridized carbons (Fsp3) is 0.400. The molecule has 0 aliphatic rings. The van der Waals surface area contributed by atoms with Crippen LogP contribution in [0.5, 0.6) is 0 Å². The maximum atomic E-state index is 9.86. The molecule has 0 bridgehead atoms. The second kappa shape index (κ2) is 5.36. The first-order chi connectivity index (χ1) is 8.70. The molecular formula is C15H20N2O. The second-order valence-electron chi connectivity index (χ2n) is 4.82. The zero-order valence-corrected chi connectivity index (χ0v) is 11.0. The molecule has 1 aromatic heterocycles. The monoisotopic (exact) mass is 244 g/mol. The van der Waals surface area contributed by atoms with Crippen LogP contribution in [0.3, 0.4) is 0 Å². The third kappa shape index (κ3) is 2.46. The Morgan fingerprint density at radius 3 is 2.44 bits per heavy atom. The standard InChI is InChI=1S/C15H20N2O/c1-3-15(12-18,13-7-5-4-6-8-13)11-14-9-10-17(2)16-14/h4-10,18H,3,11-12H2,1-2H3. The molecule has 1 unspecified atom stereocenters. The van der Waals surface area contributed by atoms with E-state index in [0.29, 0.717) is 0 Å². The lowest BCUT2D eigenvalue weighted by atomic mass is 9.75. The molecule has 96 valence electrons. The van der Waals surface area contributed by atoms with Crippen LogP contribution in [0.4, 0.5) is 0 Å². The maximum absolute atomic E-state index is 9.86. The first kappa shape index (κ1) is 12.8. The fourth-order valence-electron chi connectivity index (χ4n) is 2.39. The largest absolute Gasteiger partial charge is 0.395 e. The number of nitrogens with zero attached hydrogens (tertiary/aromatic N) is 2. The van der Waals surface area contributed by atoms with E-state index in [9.17, 15) is 5.11 Å². The van der Waals surface area contributed by atoms with Crippen molar-refractivity contribution < 1.29 is 5.11 Å². The SMILES string of the molecule is CCC(CO)(Cc1ccn(C)n1)c1ccccc1. The molecule has 0 radical (unpaired) electrons. The van der Waals surface area contributed by atoms with Gasteiger partial charge in [0.1, 0.15) is 0 Å². The Morgan fingerprint density at radius 1 is 1.22 bits per heavy atom. The van der Waals surface area contributed by atoms with E-state index in [1.54, 1.807) is 4.68 Å². The summed E-state index contributed by atoms with van der Waals surface area (Å²) in [4.78, 5) is 0. The minimum Gasteiger partial charge on any atom is -0.395 e. The Labute approximate surface area is 108 Å². The van der Waals surface area contributed by atoms with E-state index in [1.807, 2.05) is 37.5 Å². The Balaban J connectivity index is 2.32. The molecule has 0 aliphatic heterocycles. The molecule has 1 heterocycles. The van der Waals surface area contributed by atoms with Crippen LogP contribution < -0.4 is 0 Å². The smallest absolute Gasteiger partial charge is 0.0634 e. The molecule has 3 nitrogen and oxygen atoms in total. The van der Waals surface area contributed by atoms with Crippen molar-refractivity contribution in [3.05, 3.63) is 53.9 Å². The Morgan fingerprint density at radius 2 is 1.94 bits per heavy atom. The molecule has 0 saturated heterocycles. The number of benzene rings is 1. The molecule has 1 atom stereocenters. The van der Waals surface area contributed by atoms with Crippen molar-refractivity contribution in [3.63, 3.8) is 0 Å². The molecular weight excluding hydrogens is 224 g/mol. The number of aliphatic hydroxyl groups is 1. The highest BCUT2D eigenvalue weighted by Gasteiger charge is 2.30. The minimum absolute atomic E-state index is 0.143. The van der Waals surface area contributed by atoms with Gasteiger partial charge in [0.05, 0.1) is 12.3 Å². The Hall–Kier alpha value is -1.61. The van der Waals surface area contributed by atoms with Crippen LogP contribution in [-0.4, -0.2) is 21.5 Å². The van der Waals surface area contributed by atoms with Crippen molar-refractivity contribution in [2.24, 2.45) is 7.05 Å². The van der Waals surface area contributed by atoms with Crippen molar-refractivity contribution in [2.75, 3.05) is 6.61 Å². The quantitative estimate of drug-likeness (QED) is 0.876. The van der Waals surface area contributed by atoms with Gasteiger partial charge in [0.25, 0.3) is 0 Å². The number of aryl methyl sites for hydroxylation is 1. The highest BCUT2D eigenvalue weighted by molar-refractivity contribution is 5.27. The molecule has 0 saturated carbocycles. The lowest BCUT2D eigenvalue weighted by Gasteiger charge is -2.30. The lowest BCUT2D eigenvalue weighted by Crippen LogP contribution is -2.32. The number of rotatable bonds is 5. The zero-order chi connectivity index (χ0) is 13.0. The second-order valence-corrected chi connectivity index (χ2v) is 4.82. The van der Waals surface area contributed by atoms with E-state index >= 15 is 0 Å². The summed E-state index contributed by atoms with van der Waals surface area (Å²) in [5.74, 6) is 0. The zero-order valence-electron chi connectivity index (χ0n) is 11.0. The first-order valence-corrected chi connectivity index (χ1v) is 6.35. The number of hydrogen-bond donors (Lipinski definition) is 1. The lowest BCUT2D eigenvalue weighted by molar-refractivity contribution is 0.185. The fourth-order valence-corrected chi connectivity index (χ4v) is 2.39. The van der Waals surface area contributed by atoms with E-state index in [1.165, 1.54) is 5.56 Å². The van der Waals surface area contributed by atoms with Crippen LogP contribution >= 0.6 is 0 Å². The first-order valence-electron chi connectivity index (χ1n) is 6.35. The van der Waals surface area contributed by atoms with Crippen molar-refractivity contribution >= 4 is 0 Å². The Bertz CT molecular complexity index is 486. The topological polar surface area (TPSA) is 38.0 Å². The number of aliphatic hydroxyl groups excluding tert-OH is 1. The van der Waals surface area contributed by atoms with Crippen LogP contribution in [-0.2, 0) is 18.9 Å². The van der Waals surface area contributed by atoms with Crippen molar-refractivity contribution in [1.82, 2.24) is 9.78 Å². The van der Waals surface area contributed by atoms with E-state index < -0.39 is 0 Å². The normalized spacial score (nSPS) is 14.4. The Kier molecular flexibility index (Phi) is 3.82. The summed E-state index contributed by atoms with van der Waals surface area (Å²) in [6, 6.07) is 12.2. The van der Waals surface area contributed by atoms with Crippen LogP contribution in [0, 0.1) is 0 Å². The van der Waals surface area contributed by atoms with Gasteiger partial charge < -0.3 is 5.11 Å². The molecule has 3 heteroatoms. The third-order valence-electron chi connectivity index (χ3n) is 3.65. The summed E-state index contributed by atoms with van der Waals surface area (Å²) < 4.78 is 1.80. The highest BCUT2D eigenvalue weighted by Crippen LogP contribution is 2.31. The molecule has 0 spiro atoms. The van der Waals surface area contributed by atoms with E-state index in [0.717, 1.165) is 18.5 Å². The highest BCUT2D eigenvalue weighted by atomic mass is 16.3. The van der Waals surface area contributed by atoms with Gasteiger partial charge in [-0.15, -0.1) is 0 Å². The summed E-state index contributed by atoms with van der Waals surface area (Å²) in [5, 5.41) is 14.3. The van der Waals surface area contributed by atoms with Gasteiger partial charge in [-0.3, -0.25) is 4.68 Å². The summed E-state index contributed by atoms with van der Waals surface area (Å²) >= 11 is 0. The van der Waals surface area contributed by atoms with Gasteiger partial charge >= 0.3 is 0 Å². The summed E-state index contributed by atoms with van der Waals surface area (Å²) in [7, 11) is 1.92. The van der Waals surface area contributed by atoms with E-state index in [4.69, 9.17) is 0 Å². The van der Waals surface area contributed by atoms with Crippen molar-refractivity contribution in [2.45, 2.75) is 25.2 Å². The average Bonchev–Trinajstić information content (AvgIpc) is 2.82. The minimum atomic E-state index is -0.227. The summed E-state index contributed by atoms with van der Waals surface area (Å²) in [5.41, 5.74) is 1.98. The predicted octanol–water partition coefficient (Wildman–Crippen LogP) is 2.30. The molecule has 18 heavy (non-hydrogen) atoms. The van der Waals surface area contributed by atoms with E-state index in [2.05, 4.69) is 24.2 Å². The van der Waals surface area contributed by atoms with Gasteiger partial charge in [-0.25, -0.2) is 0 Å². The summed E-state index contributed by atoms with van der Waals surface area (Å²) in [6.45, 7) is 2.26. The van der Waals surface area contributed by atoms with Gasteiger partial charge in [-0.2, -0.15) is 5.10 Å². The van der Waals surface area contributed by atoms with Crippen LogP contribution in [0.25, 0.3) is 0 Å². The van der Waals surface area contributed by atoms with E-state index in [-0.39, 0.29) is 12.0 Å². The number of hydrogen-bond acceptors (Lipinski definition) is 2. The third-order valence-corrected chi connectivity index (χ3v) is 3.65. The molecule has 1 aromatic carbocycles.